The molecule has 0 bridgehead atoms. The van der Waals surface area contributed by atoms with Gasteiger partial charge in [-0.1, -0.05) is 20.8 Å². The molecule has 1 N–H and O–H groups in total. The summed E-state index contributed by atoms with van der Waals surface area (Å²) in [5, 5.41) is 22.3. The average Bonchev–Trinajstić information content (AvgIpc) is 2.93. The number of nitro groups is 1. The van der Waals surface area contributed by atoms with Crippen molar-refractivity contribution in [2.75, 3.05) is 13.2 Å². The molecular weight excluding hydrogens is 352 g/mol. The normalized spacial score (nSPS) is 21.9. The Kier molecular flexibility index (Phi) is 6.57. The van der Waals surface area contributed by atoms with Gasteiger partial charge in [-0.15, -0.1) is 0 Å². The molecule has 2 unspecified atom stereocenters. The third-order valence-electron chi connectivity index (χ3n) is 5.35. The molecule has 1 saturated heterocycles. The monoisotopic (exact) mass is 382 g/mol. The SMILES string of the molecule is CC(C)(C)[Si](C)(C)OC1CC(CO)N(OCc2ccc([N+](=O)[O-])cc2)C1. The highest BCUT2D eigenvalue weighted by molar-refractivity contribution is 6.74. The summed E-state index contributed by atoms with van der Waals surface area (Å²) in [6.07, 6.45) is 0.786. The summed E-state index contributed by atoms with van der Waals surface area (Å²) in [7, 11) is -1.87. The van der Waals surface area contributed by atoms with Gasteiger partial charge >= 0.3 is 0 Å². The number of rotatable bonds is 7. The summed E-state index contributed by atoms with van der Waals surface area (Å²) in [6.45, 7) is 12.0. The Bertz CT molecular complexity index is 615. The highest BCUT2D eigenvalue weighted by Gasteiger charge is 2.42. The van der Waals surface area contributed by atoms with E-state index in [-0.39, 0.29) is 29.5 Å². The van der Waals surface area contributed by atoms with Crippen LogP contribution in [0.15, 0.2) is 24.3 Å². The molecule has 1 aliphatic heterocycles. The van der Waals surface area contributed by atoms with Crippen LogP contribution >= 0.6 is 0 Å². The lowest BCUT2D eigenvalue weighted by Gasteiger charge is -2.38. The van der Waals surface area contributed by atoms with E-state index in [2.05, 4.69) is 33.9 Å². The first-order chi connectivity index (χ1) is 12.0. The van der Waals surface area contributed by atoms with Crippen LogP contribution in [-0.2, 0) is 15.9 Å². The third-order valence-corrected chi connectivity index (χ3v) is 9.88. The summed E-state index contributed by atoms with van der Waals surface area (Å²) in [5.74, 6) is 0. The molecule has 1 aromatic carbocycles. The first-order valence-corrected chi connectivity index (χ1v) is 11.9. The van der Waals surface area contributed by atoms with Gasteiger partial charge < -0.3 is 9.53 Å². The number of hydrogen-bond acceptors (Lipinski definition) is 6. The highest BCUT2D eigenvalue weighted by atomic mass is 28.4. The van der Waals surface area contributed by atoms with Crippen LogP contribution in [0.3, 0.4) is 0 Å². The summed E-state index contributed by atoms with van der Waals surface area (Å²) in [6, 6.07) is 6.21. The van der Waals surface area contributed by atoms with Gasteiger partial charge in [-0.25, -0.2) is 0 Å². The predicted molar refractivity (Wildman–Crippen MR) is 102 cm³/mol. The molecular formula is C18H30N2O5Si. The quantitative estimate of drug-likeness (QED) is 0.441. The zero-order valence-corrected chi connectivity index (χ0v) is 17.3. The Labute approximate surface area is 156 Å². The molecule has 0 spiro atoms. The lowest BCUT2D eigenvalue weighted by atomic mass is 10.2. The fraction of sp³-hybridized carbons (Fsp3) is 0.667. The summed E-state index contributed by atoms with van der Waals surface area (Å²) in [5.41, 5.74) is 0.909. The molecule has 1 aromatic rings. The van der Waals surface area contributed by atoms with Crippen molar-refractivity contribution in [3.05, 3.63) is 39.9 Å². The Morgan fingerprint density at radius 1 is 1.31 bits per heavy atom. The largest absolute Gasteiger partial charge is 0.412 e. The molecule has 0 saturated carbocycles. The standard InChI is InChI=1S/C18H30N2O5Si/c1-18(2,3)26(4,5)25-17-10-16(12-21)19(11-17)24-13-14-6-8-15(9-7-14)20(22)23/h6-9,16-17,21H,10-13H2,1-5H3. The van der Waals surface area contributed by atoms with Gasteiger partial charge in [0.15, 0.2) is 8.32 Å². The van der Waals surface area contributed by atoms with Crippen LogP contribution in [0.5, 0.6) is 0 Å². The minimum Gasteiger partial charge on any atom is -0.412 e. The second-order valence-corrected chi connectivity index (χ2v) is 13.1. The molecule has 7 nitrogen and oxygen atoms in total. The maximum absolute atomic E-state index is 10.7. The highest BCUT2D eigenvalue weighted by Crippen LogP contribution is 2.38. The summed E-state index contributed by atoms with van der Waals surface area (Å²) >= 11 is 0. The zero-order valence-electron chi connectivity index (χ0n) is 16.3. The van der Waals surface area contributed by atoms with E-state index < -0.39 is 13.2 Å². The van der Waals surface area contributed by atoms with Gasteiger partial charge in [0.05, 0.1) is 30.3 Å². The van der Waals surface area contributed by atoms with Gasteiger partial charge in [0.1, 0.15) is 0 Å². The Morgan fingerprint density at radius 2 is 1.92 bits per heavy atom. The zero-order chi connectivity index (χ0) is 19.5. The van der Waals surface area contributed by atoms with E-state index in [1.807, 2.05) is 0 Å². The minimum atomic E-state index is -1.87. The van der Waals surface area contributed by atoms with Crippen molar-refractivity contribution in [1.82, 2.24) is 5.06 Å². The molecule has 0 radical (unpaired) electrons. The van der Waals surface area contributed by atoms with Crippen LogP contribution in [0.25, 0.3) is 0 Å². The number of nitro benzene ring substituents is 1. The molecule has 0 aliphatic carbocycles. The van der Waals surface area contributed by atoms with E-state index in [9.17, 15) is 15.2 Å². The lowest BCUT2D eigenvalue weighted by Crippen LogP contribution is -2.44. The minimum absolute atomic E-state index is 0.0115. The second kappa shape index (κ2) is 8.14. The fourth-order valence-electron chi connectivity index (χ4n) is 2.72. The van der Waals surface area contributed by atoms with Gasteiger partial charge in [0.25, 0.3) is 5.69 Å². The van der Waals surface area contributed by atoms with Gasteiger partial charge in [-0.3, -0.25) is 15.0 Å². The van der Waals surface area contributed by atoms with Crippen LogP contribution in [0.2, 0.25) is 18.1 Å². The maximum atomic E-state index is 10.7. The molecule has 2 atom stereocenters. The van der Waals surface area contributed by atoms with Gasteiger partial charge in [-0.05, 0) is 42.2 Å². The molecule has 1 fully saturated rings. The van der Waals surface area contributed by atoms with Crippen molar-refractivity contribution >= 4 is 14.0 Å². The molecule has 26 heavy (non-hydrogen) atoms. The predicted octanol–water partition coefficient (Wildman–Crippen LogP) is 3.48. The Balaban J connectivity index is 1.93. The molecule has 1 heterocycles. The second-order valence-electron chi connectivity index (χ2n) is 8.37. The molecule has 146 valence electrons. The number of non-ortho nitro benzene ring substituents is 1. The number of nitrogens with zero attached hydrogens (tertiary/aromatic N) is 2. The summed E-state index contributed by atoms with van der Waals surface area (Å²) in [4.78, 5) is 16.2. The third kappa shape index (κ3) is 5.11. The van der Waals surface area contributed by atoms with Crippen molar-refractivity contribution in [1.29, 1.82) is 0 Å². The molecule has 2 rings (SSSR count). The lowest BCUT2D eigenvalue weighted by molar-refractivity contribution is -0.384. The van der Waals surface area contributed by atoms with Gasteiger partial charge in [-0.2, -0.15) is 5.06 Å². The van der Waals surface area contributed by atoms with E-state index in [0.717, 1.165) is 12.0 Å². The number of hydroxylamine groups is 2. The van der Waals surface area contributed by atoms with Crippen LogP contribution in [0.4, 0.5) is 5.69 Å². The molecule has 8 heteroatoms. The first-order valence-electron chi connectivity index (χ1n) is 8.95. The van der Waals surface area contributed by atoms with Gasteiger partial charge in [0, 0.05) is 18.7 Å². The molecule has 0 amide bonds. The van der Waals surface area contributed by atoms with Gasteiger partial charge in [0.2, 0.25) is 0 Å². The fourth-order valence-corrected chi connectivity index (χ4v) is 4.08. The van der Waals surface area contributed by atoms with Crippen LogP contribution in [0, 0.1) is 10.1 Å². The van der Waals surface area contributed by atoms with Crippen molar-refractivity contribution < 1.29 is 19.3 Å². The Hall–Kier alpha value is -1.32. The van der Waals surface area contributed by atoms with Crippen molar-refractivity contribution in [3.8, 4) is 0 Å². The smallest absolute Gasteiger partial charge is 0.269 e. The van der Waals surface area contributed by atoms with Crippen LogP contribution in [0.1, 0.15) is 32.8 Å². The van der Waals surface area contributed by atoms with Crippen LogP contribution < -0.4 is 0 Å². The van der Waals surface area contributed by atoms with Crippen LogP contribution in [-0.4, -0.2) is 48.7 Å². The van der Waals surface area contributed by atoms with E-state index >= 15 is 0 Å². The molecule has 1 aliphatic rings. The Morgan fingerprint density at radius 3 is 2.42 bits per heavy atom. The topological polar surface area (TPSA) is 85.1 Å². The van der Waals surface area contributed by atoms with E-state index in [1.165, 1.54) is 12.1 Å². The number of aliphatic hydroxyl groups is 1. The maximum Gasteiger partial charge on any atom is 0.269 e. The van der Waals surface area contributed by atoms with E-state index in [0.29, 0.717) is 13.2 Å². The number of aliphatic hydroxyl groups excluding tert-OH is 1. The first kappa shape index (κ1) is 21.0. The van der Waals surface area contributed by atoms with Crippen molar-refractivity contribution in [3.63, 3.8) is 0 Å². The van der Waals surface area contributed by atoms with E-state index in [1.54, 1.807) is 17.2 Å². The summed E-state index contributed by atoms with van der Waals surface area (Å²) < 4.78 is 6.45. The number of benzene rings is 1. The molecule has 0 aromatic heterocycles. The number of hydrogen-bond donors (Lipinski definition) is 1. The van der Waals surface area contributed by atoms with Crippen molar-refractivity contribution in [2.45, 2.75) is 64.1 Å². The van der Waals surface area contributed by atoms with E-state index in [4.69, 9.17) is 9.26 Å². The average molecular weight is 383 g/mol. The van der Waals surface area contributed by atoms with Crippen molar-refractivity contribution in [2.24, 2.45) is 0 Å².